The molecule has 1 fully saturated rings. The van der Waals surface area contributed by atoms with Gasteiger partial charge in [-0.2, -0.15) is 5.10 Å². The summed E-state index contributed by atoms with van der Waals surface area (Å²) in [6.07, 6.45) is 0. The van der Waals surface area contributed by atoms with Crippen LogP contribution < -0.4 is 5.32 Å². The average molecular weight is 417 g/mol. The Balaban J connectivity index is 1.85. The van der Waals surface area contributed by atoms with Crippen molar-refractivity contribution in [1.29, 1.82) is 0 Å². The molecule has 2 amide bonds. The van der Waals surface area contributed by atoms with Gasteiger partial charge in [0.2, 0.25) is 5.91 Å². The van der Waals surface area contributed by atoms with E-state index in [9.17, 15) is 18.4 Å². The number of aryl methyl sites for hydroxylation is 1. The molecular formula is C20H15ClF2N4O2. The molecule has 29 heavy (non-hydrogen) atoms. The van der Waals surface area contributed by atoms with E-state index in [1.54, 1.807) is 13.0 Å². The third-order valence-electron chi connectivity index (χ3n) is 4.50. The number of nitrogens with one attached hydrogen (secondary N) is 1. The highest BCUT2D eigenvalue weighted by Crippen LogP contribution is 2.28. The minimum absolute atomic E-state index is 0.0670. The molecule has 9 heteroatoms. The molecular weight excluding hydrogens is 402 g/mol. The Bertz CT molecular complexity index is 1130. The zero-order valence-electron chi connectivity index (χ0n) is 15.2. The number of benzene rings is 2. The van der Waals surface area contributed by atoms with Crippen molar-refractivity contribution in [3.63, 3.8) is 0 Å². The lowest BCUT2D eigenvalue weighted by Crippen LogP contribution is -2.30. The minimum atomic E-state index is -0.594. The molecule has 148 valence electrons. The van der Waals surface area contributed by atoms with Crippen LogP contribution in [0.3, 0.4) is 0 Å². The maximum Gasteiger partial charge on any atom is 0.276 e. The van der Waals surface area contributed by atoms with E-state index in [1.807, 2.05) is 0 Å². The number of halogens is 3. The predicted octanol–water partition coefficient (Wildman–Crippen LogP) is 3.31. The monoisotopic (exact) mass is 416 g/mol. The largest absolute Gasteiger partial charge is 0.337 e. The first kappa shape index (κ1) is 19.1. The number of nitrogens with zero attached hydrogens (tertiary/aromatic N) is 3. The fourth-order valence-electron chi connectivity index (χ4n) is 3.16. The molecule has 0 saturated carbocycles. The lowest BCUT2D eigenvalue weighted by molar-refractivity contribution is -0.118. The normalized spacial score (nSPS) is 13.7. The van der Waals surface area contributed by atoms with Crippen molar-refractivity contribution in [2.45, 2.75) is 6.92 Å². The Morgan fingerprint density at radius 1 is 1.17 bits per heavy atom. The van der Waals surface area contributed by atoms with E-state index < -0.39 is 17.5 Å². The maximum atomic E-state index is 14.0. The van der Waals surface area contributed by atoms with E-state index in [-0.39, 0.29) is 29.8 Å². The minimum Gasteiger partial charge on any atom is -0.337 e. The molecule has 1 aliphatic heterocycles. The maximum absolute atomic E-state index is 14.0. The van der Waals surface area contributed by atoms with Crippen LogP contribution in [0.5, 0.6) is 0 Å². The van der Waals surface area contributed by atoms with Crippen molar-refractivity contribution in [3.8, 4) is 16.9 Å². The van der Waals surface area contributed by atoms with Gasteiger partial charge in [0.15, 0.2) is 5.69 Å². The van der Waals surface area contributed by atoms with Crippen LogP contribution in [0.1, 0.15) is 16.1 Å². The third kappa shape index (κ3) is 3.71. The Morgan fingerprint density at radius 2 is 1.97 bits per heavy atom. The summed E-state index contributed by atoms with van der Waals surface area (Å²) in [4.78, 5) is 25.5. The van der Waals surface area contributed by atoms with Crippen LogP contribution in [0.15, 0.2) is 42.5 Å². The van der Waals surface area contributed by atoms with Crippen LogP contribution in [0.25, 0.3) is 16.9 Å². The summed E-state index contributed by atoms with van der Waals surface area (Å²) in [6.45, 7) is 1.76. The Hall–Kier alpha value is -3.26. The van der Waals surface area contributed by atoms with Crippen molar-refractivity contribution >= 4 is 23.4 Å². The van der Waals surface area contributed by atoms with E-state index >= 15 is 0 Å². The van der Waals surface area contributed by atoms with Gasteiger partial charge in [-0.3, -0.25) is 9.59 Å². The molecule has 0 aliphatic carbocycles. The second-order valence-electron chi connectivity index (χ2n) is 6.70. The van der Waals surface area contributed by atoms with Crippen LogP contribution in [0, 0.1) is 18.6 Å². The third-order valence-corrected chi connectivity index (χ3v) is 4.79. The molecule has 1 aromatic heterocycles. The van der Waals surface area contributed by atoms with Gasteiger partial charge < -0.3 is 10.2 Å². The highest BCUT2D eigenvalue weighted by atomic mass is 35.5. The molecule has 0 bridgehead atoms. The fraction of sp³-hybridized carbons (Fsp3) is 0.150. The Labute approximate surface area is 169 Å². The fourth-order valence-corrected chi connectivity index (χ4v) is 3.34. The van der Waals surface area contributed by atoms with Crippen LogP contribution >= 0.6 is 11.6 Å². The molecule has 0 unspecified atom stereocenters. The number of hydrogen-bond donors (Lipinski definition) is 1. The van der Waals surface area contributed by atoms with Gasteiger partial charge in [0.1, 0.15) is 18.2 Å². The first-order chi connectivity index (χ1) is 13.8. The van der Waals surface area contributed by atoms with Crippen LogP contribution in [0.4, 0.5) is 8.78 Å². The molecule has 0 atom stereocenters. The van der Waals surface area contributed by atoms with Gasteiger partial charge in [0.25, 0.3) is 5.91 Å². The summed E-state index contributed by atoms with van der Waals surface area (Å²) in [7, 11) is 0. The van der Waals surface area contributed by atoms with Crippen molar-refractivity contribution in [2.24, 2.45) is 0 Å². The van der Waals surface area contributed by atoms with Gasteiger partial charge in [-0.05, 0) is 55.0 Å². The second kappa shape index (κ2) is 7.29. The summed E-state index contributed by atoms with van der Waals surface area (Å²) in [5.41, 5.74) is 2.08. The number of carbonyl (C=O) groups excluding carboxylic acids is 2. The predicted molar refractivity (Wildman–Crippen MR) is 103 cm³/mol. The summed E-state index contributed by atoms with van der Waals surface area (Å²) < 4.78 is 29.0. The highest BCUT2D eigenvalue weighted by molar-refractivity contribution is 6.30. The Kier molecular flexibility index (Phi) is 4.79. The molecule has 2 aromatic carbocycles. The summed E-state index contributed by atoms with van der Waals surface area (Å²) >= 11 is 5.90. The quantitative estimate of drug-likeness (QED) is 0.712. The number of hydrogen-bond acceptors (Lipinski definition) is 3. The summed E-state index contributed by atoms with van der Waals surface area (Å²) in [6, 6.07) is 9.97. The van der Waals surface area contributed by atoms with Gasteiger partial charge in [-0.15, -0.1) is 0 Å². The molecule has 1 N–H and O–H groups in total. The van der Waals surface area contributed by atoms with Gasteiger partial charge in [0, 0.05) is 5.56 Å². The van der Waals surface area contributed by atoms with Gasteiger partial charge >= 0.3 is 0 Å². The molecule has 4 rings (SSSR count). The SMILES string of the molecule is Cc1cc(F)cc(-c2cc(C(=O)N3CNC(=O)C3)nn2-c2ccc(F)c(Cl)c2)c1. The summed E-state index contributed by atoms with van der Waals surface area (Å²) in [5.74, 6) is -1.75. The topological polar surface area (TPSA) is 67.2 Å². The van der Waals surface area contributed by atoms with Gasteiger partial charge in [0.05, 0.1) is 23.1 Å². The highest BCUT2D eigenvalue weighted by Gasteiger charge is 2.27. The molecule has 3 aromatic rings. The van der Waals surface area contributed by atoms with E-state index in [2.05, 4.69) is 10.4 Å². The van der Waals surface area contributed by atoms with Crippen molar-refractivity contribution in [3.05, 3.63) is 70.4 Å². The Morgan fingerprint density at radius 3 is 2.62 bits per heavy atom. The molecule has 1 aliphatic rings. The molecule has 1 saturated heterocycles. The van der Waals surface area contributed by atoms with Crippen molar-refractivity contribution in [1.82, 2.24) is 20.0 Å². The van der Waals surface area contributed by atoms with E-state index in [0.29, 0.717) is 22.5 Å². The number of amides is 2. The standard InChI is InChI=1S/C20H15ClF2N4O2/c1-11-4-12(6-13(22)5-11)18-8-17(20(29)26-9-19(28)24-10-26)25-27(18)14-2-3-16(23)15(21)7-14/h2-8H,9-10H2,1H3,(H,24,28). The smallest absolute Gasteiger partial charge is 0.276 e. The lowest BCUT2D eigenvalue weighted by atomic mass is 10.1. The van der Waals surface area contributed by atoms with Crippen molar-refractivity contribution in [2.75, 3.05) is 13.2 Å². The van der Waals surface area contributed by atoms with Crippen LogP contribution in [-0.4, -0.2) is 39.7 Å². The molecule has 2 heterocycles. The lowest BCUT2D eigenvalue weighted by Gasteiger charge is -2.10. The van der Waals surface area contributed by atoms with Crippen LogP contribution in [-0.2, 0) is 4.79 Å². The molecule has 0 radical (unpaired) electrons. The van der Waals surface area contributed by atoms with E-state index in [4.69, 9.17) is 11.6 Å². The molecule has 0 spiro atoms. The number of carbonyl (C=O) groups is 2. The number of aromatic nitrogens is 2. The first-order valence-corrected chi connectivity index (χ1v) is 9.08. The molecule has 6 nitrogen and oxygen atoms in total. The first-order valence-electron chi connectivity index (χ1n) is 8.71. The van der Waals surface area contributed by atoms with Gasteiger partial charge in [-0.1, -0.05) is 11.6 Å². The summed E-state index contributed by atoms with van der Waals surface area (Å²) in [5, 5.41) is 6.79. The van der Waals surface area contributed by atoms with Crippen LogP contribution in [0.2, 0.25) is 5.02 Å². The second-order valence-corrected chi connectivity index (χ2v) is 7.11. The van der Waals surface area contributed by atoms with E-state index in [0.717, 1.165) is 0 Å². The van der Waals surface area contributed by atoms with Gasteiger partial charge in [-0.25, -0.2) is 13.5 Å². The van der Waals surface area contributed by atoms with Crippen molar-refractivity contribution < 1.29 is 18.4 Å². The van der Waals surface area contributed by atoms with E-state index in [1.165, 1.54) is 46.0 Å². The zero-order valence-corrected chi connectivity index (χ0v) is 16.0. The number of rotatable bonds is 3. The zero-order chi connectivity index (χ0) is 20.7. The average Bonchev–Trinajstić information content (AvgIpc) is 3.29.